The molecule has 0 aliphatic carbocycles. The minimum atomic E-state index is 0.996. The SMILES string of the molecule is CN(CCCCCCCCN(C)CCCCCCNCc1ccccc1)CCCCCCNCc1ccccc1. The van der Waals surface area contributed by atoms with Crippen molar-refractivity contribution in [3.63, 3.8) is 0 Å². The summed E-state index contributed by atoms with van der Waals surface area (Å²) in [6.07, 6.45) is 19.0. The number of nitrogens with one attached hydrogen (secondary N) is 2. The lowest BCUT2D eigenvalue weighted by molar-refractivity contribution is 0.308. The summed E-state index contributed by atoms with van der Waals surface area (Å²) in [4.78, 5) is 5.09. The Morgan fingerprint density at radius 1 is 0.400 bits per heavy atom. The van der Waals surface area contributed by atoms with Crippen molar-refractivity contribution in [2.45, 2.75) is 103 Å². The Morgan fingerprint density at radius 3 is 1.05 bits per heavy atom. The lowest BCUT2D eigenvalue weighted by Crippen LogP contribution is -2.21. The van der Waals surface area contributed by atoms with Gasteiger partial charge in [-0.1, -0.05) is 112 Å². The molecule has 226 valence electrons. The van der Waals surface area contributed by atoms with Crippen molar-refractivity contribution >= 4 is 0 Å². The smallest absolute Gasteiger partial charge is 0.0205 e. The molecular weight excluding hydrogens is 488 g/mol. The van der Waals surface area contributed by atoms with Gasteiger partial charge in [-0.05, 0) is 103 Å². The first-order valence-electron chi connectivity index (χ1n) is 16.6. The fraction of sp³-hybridized carbons (Fsp3) is 0.667. The molecule has 4 heteroatoms. The van der Waals surface area contributed by atoms with E-state index < -0.39 is 0 Å². The van der Waals surface area contributed by atoms with Crippen molar-refractivity contribution in [2.75, 3.05) is 53.4 Å². The normalized spacial score (nSPS) is 11.6. The molecule has 0 aliphatic heterocycles. The molecule has 2 N–H and O–H groups in total. The van der Waals surface area contributed by atoms with E-state index in [1.54, 1.807) is 0 Å². The van der Waals surface area contributed by atoms with E-state index in [1.807, 2.05) is 0 Å². The van der Waals surface area contributed by atoms with Crippen molar-refractivity contribution in [3.8, 4) is 0 Å². The van der Waals surface area contributed by atoms with Gasteiger partial charge in [0.1, 0.15) is 0 Å². The zero-order valence-electron chi connectivity index (χ0n) is 26.2. The van der Waals surface area contributed by atoms with Crippen LogP contribution in [0.25, 0.3) is 0 Å². The van der Waals surface area contributed by atoms with E-state index in [1.165, 1.54) is 127 Å². The van der Waals surface area contributed by atoms with E-state index >= 15 is 0 Å². The second-order valence-corrected chi connectivity index (χ2v) is 11.9. The summed E-state index contributed by atoms with van der Waals surface area (Å²) < 4.78 is 0. The molecule has 0 heterocycles. The summed E-state index contributed by atoms with van der Waals surface area (Å²) in [6.45, 7) is 9.31. The van der Waals surface area contributed by atoms with Gasteiger partial charge in [-0.15, -0.1) is 0 Å². The first-order chi connectivity index (χ1) is 19.7. The van der Waals surface area contributed by atoms with Crippen LogP contribution in [0.1, 0.15) is 101 Å². The summed E-state index contributed by atoms with van der Waals surface area (Å²) in [5.74, 6) is 0. The Bertz CT molecular complexity index is 714. The predicted octanol–water partition coefficient (Wildman–Crippen LogP) is 7.89. The van der Waals surface area contributed by atoms with Gasteiger partial charge in [0.05, 0.1) is 0 Å². The highest BCUT2D eigenvalue weighted by Crippen LogP contribution is 2.09. The molecule has 0 saturated heterocycles. The van der Waals surface area contributed by atoms with Crippen LogP contribution in [0.2, 0.25) is 0 Å². The topological polar surface area (TPSA) is 30.5 Å². The quantitative estimate of drug-likeness (QED) is 0.111. The van der Waals surface area contributed by atoms with Crippen LogP contribution < -0.4 is 10.6 Å². The van der Waals surface area contributed by atoms with Gasteiger partial charge in [0, 0.05) is 13.1 Å². The maximum absolute atomic E-state index is 3.57. The van der Waals surface area contributed by atoms with E-state index in [0.29, 0.717) is 0 Å². The highest BCUT2D eigenvalue weighted by atomic mass is 15.1. The minimum Gasteiger partial charge on any atom is -0.313 e. The fourth-order valence-electron chi connectivity index (χ4n) is 5.32. The highest BCUT2D eigenvalue weighted by molar-refractivity contribution is 5.14. The molecule has 0 aromatic heterocycles. The van der Waals surface area contributed by atoms with Crippen LogP contribution in [0.3, 0.4) is 0 Å². The molecule has 2 aromatic carbocycles. The van der Waals surface area contributed by atoms with Gasteiger partial charge in [0.15, 0.2) is 0 Å². The maximum Gasteiger partial charge on any atom is 0.0205 e. The number of rotatable bonds is 27. The Labute approximate surface area is 248 Å². The van der Waals surface area contributed by atoms with Gasteiger partial charge in [-0.25, -0.2) is 0 Å². The molecule has 0 fully saturated rings. The molecule has 4 nitrogen and oxygen atoms in total. The van der Waals surface area contributed by atoms with Crippen molar-refractivity contribution in [1.82, 2.24) is 20.4 Å². The van der Waals surface area contributed by atoms with Crippen molar-refractivity contribution < 1.29 is 0 Å². The molecule has 2 aromatic rings. The molecule has 0 radical (unpaired) electrons. The van der Waals surface area contributed by atoms with Crippen LogP contribution in [-0.2, 0) is 13.1 Å². The second-order valence-electron chi connectivity index (χ2n) is 11.9. The lowest BCUT2D eigenvalue weighted by Gasteiger charge is -2.17. The summed E-state index contributed by atoms with van der Waals surface area (Å²) in [5.41, 5.74) is 2.76. The van der Waals surface area contributed by atoms with Crippen LogP contribution >= 0.6 is 0 Å². The van der Waals surface area contributed by atoms with E-state index in [9.17, 15) is 0 Å². The number of hydrogen-bond acceptors (Lipinski definition) is 4. The second kappa shape index (κ2) is 25.0. The van der Waals surface area contributed by atoms with E-state index in [0.717, 1.165) is 26.2 Å². The summed E-state index contributed by atoms with van der Waals surface area (Å²) >= 11 is 0. The highest BCUT2D eigenvalue weighted by Gasteiger charge is 2.01. The molecule has 0 aliphatic rings. The van der Waals surface area contributed by atoms with Gasteiger partial charge < -0.3 is 20.4 Å². The summed E-state index contributed by atoms with van der Waals surface area (Å²) in [7, 11) is 4.61. The molecule has 0 unspecified atom stereocenters. The Morgan fingerprint density at radius 2 is 0.700 bits per heavy atom. The van der Waals surface area contributed by atoms with E-state index in [4.69, 9.17) is 0 Å². The molecule has 0 spiro atoms. The van der Waals surface area contributed by atoms with Gasteiger partial charge in [-0.2, -0.15) is 0 Å². The average molecular weight is 551 g/mol. The number of unbranched alkanes of at least 4 members (excludes halogenated alkanes) is 11. The third-order valence-corrected chi connectivity index (χ3v) is 7.96. The van der Waals surface area contributed by atoms with Gasteiger partial charge >= 0.3 is 0 Å². The van der Waals surface area contributed by atoms with Crippen LogP contribution in [0, 0.1) is 0 Å². The molecule has 0 atom stereocenters. The Kier molecular flexibility index (Phi) is 21.6. The van der Waals surface area contributed by atoms with E-state index in [2.05, 4.69) is 95.2 Å². The van der Waals surface area contributed by atoms with Crippen LogP contribution in [-0.4, -0.2) is 63.2 Å². The zero-order valence-corrected chi connectivity index (χ0v) is 26.2. The third kappa shape index (κ3) is 20.2. The van der Waals surface area contributed by atoms with Gasteiger partial charge in [0.2, 0.25) is 0 Å². The predicted molar refractivity (Wildman–Crippen MR) is 176 cm³/mol. The Balaban J connectivity index is 1.24. The molecule has 2 rings (SSSR count). The van der Waals surface area contributed by atoms with Crippen molar-refractivity contribution in [2.24, 2.45) is 0 Å². The molecule has 0 saturated carbocycles. The van der Waals surface area contributed by atoms with Crippen molar-refractivity contribution in [1.29, 1.82) is 0 Å². The molecule has 0 bridgehead atoms. The monoisotopic (exact) mass is 550 g/mol. The van der Waals surface area contributed by atoms with Crippen LogP contribution in [0.5, 0.6) is 0 Å². The minimum absolute atomic E-state index is 0.996. The average Bonchev–Trinajstić information content (AvgIpc) is 2.98. The van der Waals surface area contributed by atoms with Gasteiger partial charge in [-0.3, -0.25) is 0 Å². The molecule has 0 amide bonds. The first kappa shape index (κ1) is 34.5. The standard InChI is InChI=1S/C36H62N4/c1-39(31-21-9-5-17-27-37-33-35-23-13-11-14-24-35)29-19-7-3-4-8-20-30-40(2)32-22-10-6-18-28-38-34-36-25-15-12-16-26-36/h11-16,23-26,37-38H,3-10,17-22,27-34H2,1-2H3. The number of hydrogen-bond donors (Lipinski definition) is 2. The molecular formula is C36H62N4. The fourth-order valence-corrected chi connectivity index (χ4v) is 5.32. The Hall–Kier alpha value is -1.72. The van der Waals surface area contributed by atoms with Crippen LogP contribution in [0.15, 0.2) is 60.7 Å². The van der Waals surface area contributed by atoms with E-state index in [-0.39, 0.29) is 0 Å². The van der Waals surface area contributed by atoms with Crippen molar-refractivity contribution in [3.05, 3.63) is 71.8 Å². The number of benzene rings is 2. The third-order valence-electron chi connectivity index (χ3n) is 7.96. The summed E-state index contributed by atoms with van der Waals surface area (Å²) in [5, 5.41) is 7.13. The lowest BCUT2D eigenvalue weighted by atomic mass is 10.1. The van der Waals surface area contributed by atoms with Gasteiger partial charge in [0.25, 0.3) is 0 Å². The first-order valence-corrected chi connectivity index (χ1v) is 16.6. The molecule has 40 heavy (non-hydrogen) atoms. The zero-order chi connectivity index (χ0) is 28.4. The number of nitrogens with zero attached hydrogens (tertiary/aromatic N) is 2. The largest absolute Gasteiger partial charge is 0.313 e. The van der Waals surface area contributed by atoms with Crippen LogP contribution in [0.4, 0.5) is 0 Å². The maximum atomic E-state index is 3.57. The summed E-state index contributed by atoms with van der Waals surface area (Å²) in [6, 6.07) is 21.4.